The lowest BCUT2D eigenvalue weighted by molar-refractivity contribution is -0.411. The molecule has 5 nitrogen and oxygen atoms in total. The number of aromatic amines is 2. The van der Waals surface area contributed by atoms with Crippen LogP contribution in [0.4, 0.5) is 0 Å². The summed E-state index contributed by atoms with van der Waals surface area (Å²) < 4.78 is 0. The summed E-state index contributed by atoms with van der Waals surface area (Å²) in [6, 6.07) is 44.9. The lowest BCUT2D eigenvalue weighted by Gasteiger charge is -2.08. The second kappa shape index (κ2) is 9.59. The molecule has 196 valence electrons. The van der Waals surface area contributed by atoms with Gasteiger partial charge in [-0.1, -0.05) is 97.1 Å². The maximum Gasteiger partial charge on any atom is 0.169 e. The molecule has 0 amide bonds. The summed E-state index contributed by atoms with van der Waals surface area (Å²) in [6.45, 7) is 0. The van der Waals surface area contributed by atoms with E-state index in [0.717, 1.165) is 44.3 Å². The minimum atomic E-state index is 0.541. The average Bonchev–Trinajstić information content (AvgIpc) is 3.60. The molecule has 0 aliphatic carbocycles. The van der Waals surface area contributed by atoms with Crippen molar-refractivity contribution in [3.63, 3.8) is 0 Å². The molecule has 0 aliphatic rings. The zero-order valence-corrected chi connectivity index (χ0v) is 21.9. The topological polar surface area (TPSA) is 59.3 Å². The number of aromatic nitrogens is 2. The quantitative estimate of drug-likeness (QED) is 0.166. The van der Waals surface area contributed by atoms with Crippen LogP contribution in [0.25, 0.3) is 65.9 Å². The largest absolute Gasteiger partial charge is 0.354 e. The van der Waals surface area contributed by atoms with E-state index in [4.69, 9.17) is 14.8 Å². The van der Waals surface area contributed by atoms with Gasteiger partial charge in [-0.25, -0.2) is 0 Å². The van der Waals surface area contributed by atoms with E-state index in [9.17, 15) is 0 Å². The summed E-state index contributed by atoms with van der Waals surface area (Å²) in [5.41, 5.74) is 8.91. The van der Waals surface area contributed by atoms with Crippen molar-refractivity contribution >= 4 is 43.6 Å². The van der Waals surface area contributed by atoms with Crippen LogP contribution in [0, 0.1) is 0 Å². The van der Waals surface area contributed by atoms with Crippen LogP contribution in [-0.4, -0.2) is 9.97 Å². The van der Waals surface area contributed by atoms with E-state index in [1.807, 2.05) is 60.7 Å². The van der Waals surface area contributed by atoms with Crippen molar-refractivity contribution in [3.05, 3.63) is 133 Å². The number of fused-ring (bicyclic) bond motifs is 6. The third-order valence-electron chi connectivity index (χ3n) is 7.67. The maximum absolute atomic E-state index is 5.41. The zero-order chi connectivity index (χ0) is 27.2. The molecule has 2 heterocycles. The van der Waals surface area contributed by atoms with Gasteiger partial charge in [-0.2, -0.15) is 0 Å². The molecular weight excluding hydrogens is 508 g/mol. The number of rotatable bonds is 6. The molecule has 0 aliphatic heterocycles. The molecular formula is C36H24N2O3. The molecule has 8 rings (SSSR count). The van der Waals surface area contributed by atoms with Crippen LogP contribution in [-0.2, 0) is 5.04 Å². The second-order valence-corrected chi connectivity index (χ2v) is 10.1. The number of benzene rings is 6. The Bertz CT molecular complexity index is 2020. The third-order valence-corrected chi connectivity index (χ3v) is 7.67. The number of hydrogen-bond donors (Lipinski definition) is 2. The average molecular weight is 533 g/mol. The van der Waals surface area contributed by atoms with Crippen LogP contribution in [0.1, 0.15) is 0 Å². The van der Waals surface area contributed by atoms with E-state index in [1.54, 1.807) is 0 Å². The van der Waals surface area contributed by atoms with E-state index in [-0.39, 0.29) is 0 Å². The normalized spacial score (nSPS) is 11.5. The van der Waals surface area contributed by atoms with Crippen molar-refractivity contribution in [3.8, 4) is 33.8 Å². The van der Waals surface area contributed by atoms with Gasteiger partial charge in [0.25, 0.3) is 0 Å². The maximum atomic E-state index is 5.41. The van der Waals surface area contributed by atoms with Crippen LogP contribution < -0.4 is 9.78 Å². The van der Waals surface area contributed by atoms with Gasteiger partial charge >= 0.3 is 0 Å². The van der Waals surface area contributed by atoms with Gasteiger partial charge in [0.05, 0.1) is 11.0 Å². The first-order chi connectivity index (χ1) is 20.3. The van der Waals surface area contributed by atoms with Crippen LogP contribution >= 0.6 is 0 Å². The summed E-state index contributed by atoms with van der Waals surface area (Å²) in [4.78, 5) is 17.9. The van der Waals surface area contributed by atoms with E-state index >= 15 is 0 Å². The lowest BCUT2D eigenvalue weighted by Crippen LogP contribution is -2.01. The predicted molar refractivity (Wildman–Crippen MR) is 165 cm³/mol. The standard InChI is InChI=1S/C36H24N2O3/c1-3-13-33-29(7-1)31-11-5-9-27(35(31)37-33)23-15-19-25(20-16-23)39-41-40-26-21-17-24(18-22-26)28-10-6-12-32-30-8-2-4-14-34(30)38-36(28)32/h1-22,37-38H. The molecule has 0 radical (unpaired) electrons. The van der Waals surface area contributed by atoms with Gasteiger partial charge in [-0.3, -0.25) is 9.78 Å². The summed E-state index contributed by atoms with van der Waals surface area (Å²) in [6.07, 6.45) is 0. The molecule has 0 saturated heterocycles. The van der Waals surface area contributed by atoms with Gasteiger partial charge in [0.1, 0.15) is 0 Å². The number of H-pyrrole nitrogens is 2. The fraction of sp³-hybridized carbons (Fsp3) is 0. The molecule has 5 heteroatoms. The van der Waals surface area contributed by atoms with Crippen LogP contribution in [0.2, 0.25) is 0 Å². The monoisotopic (exact) mass is 532 g/mol. The Hall–Kier alpha value is -5.52. The molecule has 0 atom stereocenters. The number of hydrogen-bond acceptors (Lipinski definition) is 3. The minimum absolute atomic E-state index is 0.541. The lowest BCUT2D eigenvalue weighted by atomic mass is 10.0. The summed E-state index contributed by atoms with van der Waals surface area (Å²) in [5.74, 6) is 1.08. The van der Waals surface area contributed by atoms with Crippen molar-refractivity contribution in [2.45, 2.75) is 0 Å². The first-order valence-corrected chi connectivity index (χ1v) is 13.5. The second-order valence-electron chi connectivity index (χ2n) is 10.1. The molecule has 2 N–H and O–H groups in total. The van der Waals surface area contributed by atoms with Crippen molar-refractivity contribution in [2.24, 2.45) is 0 Å². The van der Waals surface area contributed by atoms with Gasteiger partial charge in [-0.15, -0.1) is 0 Å². The van der Waals surface area contributed by atoms with Crippen molar-refractivity contribution in [1.29, 1.82) is 0 Å². The van der Waals surface area contributed by atoms with E-state index in [0.29, 0.717) is 11.5 Å². The Labute approximate surface area is 235 Å². The smallest absolute Gasteiger partial charge is 0.169 e. The van der Waals surface area contributed by atoms with Gasteiger partial charge < -0.3 is 9.97 Å². The molecule has 0 fully saturated rings. The Morgan fingerprint density at radius 3 is 1.24 bits per heavy atom. The molecule has 0 bridgehead atoms. The van der Waals surface area contributed by atoms with Gasteiger partial charge in [0.2, 0.25) is 0 Å². The molecule has 0 unspecified atom stereocenters. The zero-order valence-electron chi connectivity index (χ0n) is 21.9. The van der Waals surface area contributed by atoms with Crippen LogP contribution in [0.3, 0.4) is 0 Å². The number of nitrogens with one attached hydrogen (secondary N) is 2. The van der Waals surface area contributed by atoms with Crippen LogP contribution in [0.5, 0.6) is 11.5 Å². The van der Waals surface area contributed by atoms with Gasteiger partial charge in [0, 0.05) is 48.7 Å². The van der Waals surface area contributed by atoms with E-state index < -0.39 is 0 Å². The van der Waals surface area contributed by atoms with Crippen molar-refractivity contribution in [1.82, 2.24) is 9.97 Å². The predicted octanol–water partition coefficient (Wildman–Crippen LogP) is 9.59. The van der Waals surface area contributed by atoms with Gasteiger partial charge in [-0.05, 0) is 47.5 Å². The molecule has 0 saturated carbocycles. The molecule has 6 aromatic carbocycles. The first kappa shape index (κ1) is 23.4. The molecule has 41 heavy (non-hydrogen) atoms. The summed E-state index contributed by atoms with van der Waals surface area (Å²) in [5, 5.41) is 9.96. The van der Waals surface area contributed by atoms with Crippen molar-refractivity contribution in [2.75, 3.05) is 0 Å². The van der Waals surface area contributed by atoms with Crippen LogP contribution in [0.15, 0.2) is 133 Å². The first-order valence-electron chi connectivity index (χ1n) is 13.5. The Kier molecular flexibility index (Phi) is 5.47. The fourth-order valence-electron chi connectivity index (χ4n) is 5.70. The SMILES string of the molecule is c1ccc2c(c1)[nH]c1c(-c3ccc(OOOc4ccc(-c5cccc6c5[nH]c5ccccc56)cc4)cc3)cccc12. The third kappa shape index (κ3) is 4.07. The number of para-hydroxylation sites is 4. The minimum Gasteiger partial charge on any atom is -0.354 e. The molecule has 8 aromatic rings. The summed E-state index contributed by atoms with van der Waals surface area (Å²) in [7, 11) is 0. The van der Waals surface area contributed by atoms with Gasteiger partial charge in [0.15, 0.2) is 11.5 Å². The summed E-state index contributed by atoms with van der Waals surface area (Å²) >= 11 is 0. The van der Waals surface area contributed by atoms with E-state index in [2.05, 4.69) is 82.8 Å². The molecule has 0 spiro atoms. The highest BCUT2D eigenvalue weighted by Gasteiger charge is 2.11. The van der Waals surface area contributed by atoms with Crippen molar-refractivity contribution < 1.29 is 14.8 Å². The highest BCUT2D eigenvalue weighted by atomic mass is 17.5. The highest BCUT2D eigenvalue weighted by Crippen LogP contribution is 2.35. The highest BCUT2D eigenvalue weighted by molar-refractivity contribution is 6.12. The molecule has 2 aromatic heterocycles. The fourth-order valence-corrected chi connectivity index (χ4v) is 5.70. The Morgan fingerprint density at radius 2 is 0.780 bits per heavy atom. The Balaban J connectivity index is 0.962. The Morgan fingerprint density at radius 1 is 0.366 bits per heavy atom. The van der Waals surface area contributed by atoms with E-state index in [1.165, 1.54) is 21.5 Å².